The topological polar surface area (TPSA) is 102 Å². The number of aliphatic hydroxyl groups excluding tert-OH is 1. The predicted octanol–water partition coefficient (Wildman–Crippen LogP) is 1.06. The van der Waals surface area contributed by atoms with Gasteiger partial charge in [-0.05, 0) is 44.0 Å². The number of benzene rings is 2. The van der Waals surface area contributed by atoms with Crippen LogP contribution in [0.15, 0.2) is 60.7 Å². The van der Waals surface area contributed by atoms with Crippen molar-refractivity contribution < 1.29 is 19.5 Å². The maximum absolute atomic E-state index is 13.4. The van der Waals surface area contributed by atoms with Crippen molar-refractivity contribution in [3.05, 3.63) is 71.8 Å². The van der Waals surface area contributed by atoms with Crippen molar-refractivity contribution in [3.63, 3.8) is 0 Å². The molecule has 0 aromatic heterocycles. The molecule has 3 rings (SSSR count). The fourth-order valence-corrected chi connectivity index (χ4v) is 4.31. The lowest BCUT2D eigenvalue weighted by Gasteiger charge is -2.33. The number of likely N-dealkylation sites (N-methyl/N-ethyl adjacent to an activating group) is 1. The van der Waals surface area contributed by atoms with Gasteiger partial charge in [0.1, 0.15) is 6.04 Å². The van der Waals surface area contributed by atoms with Crippen molar-refractivity contribution in [2.45, 2.75) is 31.3 Å². The molecule has 8 nitrogen and oxygen atoms in total. The summed E-state index contributed by atoms with van der Waals surface area (Å²) in [4.78, 5) is 42.0. The fraction of sp³-hybridized carbons (Fsp3) is 0.423. The molecule has 1 aliphatic rings. The van der Waals surface area contributed by atoms with Gasteiger partial charge in [0, 0.05) is 31.2 Å². The molecule has 0 spiro atoms. The molecule has 1 heterocycles. The van der Waals surface area contributed by atoms with Crippen LogP contribution >= 0.6 is 0 Å². The molecule has 34 heavy (non-hydrogen) atoms. The van der Waals surface area contributed by atoms with Gasteiger partial charge in [0.2, 0.25) is 11.8 Å². The number of hydrogen-bond donors (Lipinski definition) is 3. The second kappa shape index (κ2) is 12.9. The van der Waals surface area contributed by atoms with Crippen molar-refractivity contribution >= 4 is 17.7 Å². The molecule has 8 heteroatoms. The van der Waals surface area contributed by atoms with Crippen LogP contribution in [0.2, 0.25) is 0 Å². The standard InChI is InChI=1S/C26H34N4O4/c1-27-17-24(32)28-23(19-31)26(34)30-15-8-13-22(30)18-29(16-14-20-9-4-2-5-10-20)25(33)21-11-6-3-7-12-21/h2-7,9-12,22-23,27,31H,8,13-19H2,1H3,(H,28,32). The molecule has 2 aromatic carbocycles. The summed E-state index contributed by atoms with van der Waals surface area (Å²) in [6.45, 7) is 1.05. The van der Waals surface area contributed by atoms with E-state index in [0.29, 0.717) is 31.6 Å². The largest absolute Gasteiger partial charge is 0.394 e. The van der Waals surface area contributed by atoms with Gasteiger partial charge in [0.25, 0.3) is 5.91 Å². The Morgan fingerprint density at radius 2 is 1.76 bits per heavy atom. The number of rotatable bonds is 11. The normalized spacial score (nSPS) is 16.2. The molecular weight excluding hydrogens is 432 g/mol. The lowest BCUT2D eigenvalue weighted by molar-refractivity contribution is -0.138. The number of hydrogen-bond acceptors (Lipinski definition) is 5. The van der Waals surface area contributed by atoms with Gasteiger partial charge >= 0.3 is 0 Å². The summed E-state index contributed by atoms with van der Waals surface area (Å²) in [6, 6.07) is 18.0. The minimum absolute atomic E-state index is 0.0616. The number of aliphatic hydroxyl groups is 1. The zero-order chi connectivity index (χ0) is 24.3. The quantitative estimate of drug-likeness (QED) is 0.460. The molecule has 2 unspecified atom stereocenters. The van der Waals surface area contributed by atoms with Crippen molar-refractivity contribution in [1.82, 2.24) is 20.4 Å². The Morgan fingerprint density at radius 1 is 1.09 bits per heavy atom. The Morgan fingerprint density at radius 3 is 2.41 bits per heavy atom. The van der Waals surface area contributed by atoms with Gasteiger partial charge in [0.05, 0.1) is 13.2 Å². The molecule has 2 atom stereocenters. The van der Waals surface area contributed by atoms with E-state index in [1.807, 2.05) is 53.4 Å². The Labute approximate surface area is 200 Å². The smallest absolute Gasteiger partial charge is 0.253 e. The second-order valence-corrected chi connectivity index (χ2v) is 8.51. The summed E-state index contributed by atoms with van der Waals surface area (Å²) < 4.78 is 0. The molecule has 0 aliphatic carbocycles. The minimum atomic E-state index is -0.996. The first-order valence-corrected chi connectivity index (χ1v) is 11.8. The van der Waals surface area contributed by atoms with Crippen LogP contribution in [-0.4, -0.2) is 84.5 Å². The molecule has 2 aromatic rings. The number of carbonyl (C=O) groups excluding carboxylic acids is 3. The highest BCUT2D eigenvalue weighted by molar-refractivity contribution is 5.94. The van der Waals surface area contributed by atoms with Crippen LogP contribution in [0.25, 0.3) is 0 Å². The molecule has 3 N–H and O–H groups in total. The number of nitrogens with zero attached hydrogens (tertiary/aromatic N) is 2. The van der Waals surface area contributed by atoms with Crippen LogP contribution < -0.4 is 10.6 Å². The molecule has 182 valence electrons. The molecule has 0 saturated carbocycles. The van der Waals surface area contributed by atoms with Crippen LogP contribution in [0.4, 0.5) is 0 Å². The maximum atomic E-state index is 13.4. The zero-order valence-electron chi connectivity index (χ0n) is 19.7. The molecule has 0 bridgehead atoms. The van der Waals surface area contributed by atoms with Crippen molar-refractivity contribution in [3.8, 4) is 0 Å². The van der Waals surface area contributed by atoms with Gasteiger partial charge in [-0.3, -0.25) is 14.4 Å². The molecule has 3 amide bonds. The lowest BCUT2D eigenvalue weighted by Crippen LogP contribution is -2.55. The highest BCUT2D eigenvalue weighted by atomic mass is 16.3. The third kappa shape index (κ3) is 6.88. The van der Waals surface area contributed by atoms with Crippen LogP contribution in [0.3, 0.4) is 0 Å². The Balaban J connectivity index is 1.73. The average molecular weight is 467 g/mol. The first-order valence-electron chi connectivity index (χ1n) is 11.8. The summed E-state index contributed by atoms with van der Waals surface area (Å²) >= 11 is 0. The summed E-state index contributed by atoms with van der Waals surface area (Å²) in [6.07, 6.45) is 2.28. The summed E-state index contributed by atoms with van der Waals surface area (Å²) in [7, 11) is 1.64. The number of likely N-dealkylation sites (tertiary alicyclic amines) is 1. The highest BCUT2D eigenvalue weighted by Crippen LogP contribution is 2.21. The third-order valence-corrected chi connectivity index (χ3v) is 6.07. The molecule has 1 aliphatic heterocycles. The molecule has 1 fully saturated rings. The Kier molecular flexibility index (Phi) is 9.61. The van der Waals surface area contributed by atoms with E-state index < -0.39 is 12.6 Å². The molecule has 1 saturated heterocycles. The predicted molar refractivity (Wildman–Crippen MR) is 130 cm³/mol. The monoisotopic (exact) mass is 466 g/mol. The van der Waals surface area contributed by atoms with E-state index in [2.05, 4.69) is 10.6 Å². The van der Waals surface area contributed by atoms with Gasteiger partial charge in [0.15, 0.2) is 0 Å². The summed E-state index contributed by atoms with van der Waals surface area (Å²) in [5.74, 6) is -0.740. The zero-order valence-corrected chi connectivity index (χ0v) is 19.7. The number of nitrogens with one attached hydrogen (secondary N) is 2. The fourth-order valence-electron chi connectivity index (χ4n) is 4.31. The van der Waals surface area contributed by atoms with Gasteiger partial charge in [-0.25, -0.2) is 0 Å². The number of carbonyl (C=O) groups is 3. The lowest BCUT2D eigenvalue weighted by atomic mass is 10.1. The van der Waals surface area contributed by atoms with E-state index in [9.17, 15) is 19.5 Å². The van der Waals surface area contributed by atoms with Gasteiger partial charge in [-0.1, -0.05) is 48.5 Å². The molecule has 0 radical (unpaired) electrons. The van der Waals surface area contributed by atoms with Crippen LogP contribution in [-0.2, 0) is 16.0 Å². The van der Waals surface area contributed by atoms with Crippen LogP contribution in [0.1, 0.15) is 28.8 Å². The van der Waals surface area contributed by atoms with Crippen molar-refractivity contribution in [2.75, 3.05) is 39.8 Å². The minimum Gasteiger partial charge on any atom is -0.394 e. The van der Waals surface area contributed by atoms with Crippen molar-refractivity contribution in [1.29, 1.82) is 0 Å². The highest BCUT2D eigenvalue weighted by Gasteiger charge is 2.35. The first-order chi connectivity index (χ1) is 16.5. The maximum Gasteiger partial charge on any atom is 0.253 e. The van der Waals surface area contributed by atoms with E-state index in [1.54, 1.807) is 24.1 Å². The van der Waals surface area contributed by atoms with E-state index >= 15 is 0 Å². The second-order valence-electron chi connectivity index (χ2n) is 8.51. The Hall–Kier alpha value is -3.23. The van der Waals surface area contributed by atoms with Gasteiger partial charge in [-0.15, -0.1) is 0 Å². The summed E-state index contributed by atoms with van der Waals surface area (Å²) in [5.41, 5.74) is 1.75. The SMILES string of the molecule is CNCC(=O)NC(CO)C(=O)N1CCCC1CN(CCc1ccccc1)C(=O)c1ccccc1. The summed E-state index contributed by atoms with van der Waals surface area (Å²) in [5, 5.41) is 15.1. The van der Waals surface area contributed by atoms with E-state index in [1.165, 1.54) is 0 Å². The van der Waals surface area contributed by atoms with E-state index in [4.69, 9.17) is 0 Å². The third-order valence-electron chi connectivity index (χ3n) is 6.07. The van der Waals surface area contributed by atoms with E-state index in [0.717, 1.165) is 18.4 Å². The van der Waals surface area contributed by atoms with E-state index in [-0.39, 0.29) is 30.3 Å². The molecular formula is C26H34N4O4. The Bertz CT molecular complexity index is 938. The first kappa shape index (κ1) is 25.4. The van der Waals surface area contributed by atoms with Crippen molar-refractivity contribution in [2.24, 2.45) is 0 Å². The number of amides is 3. The van der Waals surface area contributed by atoms with Crippen LogP contribution in [0, 0.1) is 0 Å². The average Bonchev–Trinajstić information content (AvgIpc) is 3.33. The van der Waals surface area contributed by atoms with Gasteiger partial charge in [-0.2, -0.15) is 0 Å². The van der Waals surface area contributed by atoms with Crippen LogP contribution in [0.5, 0.6) is 0 Å². The van der Waals surface area contributed by atoms with Gasteiger partial charge < -0.3 is 25.5 Å².